The van der Waals surface area contributed by atoms with Crippen LogP contribution in [0.15, 0.2) is 81.6 Å². The summed E-state index contributed by atoms with van der Waals surface area (Å²) in [7, 11) is 0. The summed E-state index contributed by atoms with van der Waals surface area (Å²) in [6.45, 7) is 4.99. The number of aromatic nitrogens is 1. The topological polar surface area (TPSA) is 59.2 Å². The van der Waals surface area contributed by atoms with Gasteiger partial charge in [-0.25, -0.2) is 0 Å². The Hall–Kier alpha value is -3.47. The van der Waals surface area contributed by atoms with Gasteiger partial charge in [0.25, 0.3) is 0 Å². The van der Waals surface area contributed by atoms with E-state index in [1.807, 2.05) is 25.3 Å². The molecular weight excluding hydrogens is 472 g/mol. The monoisotopic (exact) mass is 498 g/mol. The number of fused-ring (bicyclic) bond motifs is 1. The number of nitrogens with zero attached hydrogens (tertiary/aromatic N) is 4. The molecule has 5 nitrogen and oxygen atoms in total. The van der Waals surface area contributed by atoms with Crippen molar-refractivity contribution in [3.8, 4) is 28.7 Å². The molecule has 0 N–H and O–H groups in total. The van der Waals surface area contributed by atoms with Crippen LogP contribution in [0.4, 0.5) is 0 Å². The molecule has 2 aromatic heterocycles. The molecule has 1 atom stereocenters. The average Bonchev–Trinajstić information content (AvgIpc) is 3.53. The molecule has 0 saturated carbocycles. The van der Waals surface area contributed by atoms with E-state index < -0.39 is 0 Å². The molecular formula is C28H26N4OS2. The van der Waals surface area contributed by atoms with Crippen molar-refractivity contribution in [3.05, 3.63) is 83.0 Å². The van der Waals surface area contributed by atoms with Crippen LogP contribution in [-0.4, -0.2) is 17.2 Å². The molecule has 7 heteroatoms. The molecule has 0 unspecified atom stereocenters. The molecule has 0 fully saturated rings. The van der Waals surface area contributed by atoms with Crippen LogP contribution in [0.25, 0.3) is 21.2 Å². The van der Waals surface area contributed by atoms with Crippen LogP contribution in [0.1, 0.15) is 36.1 Å². The quantitative estimate of drug-likeness (QED) is 0.251. The van der Waals surface area contributed by atoms with Crippen molar-refractivity contribution in [2.24, 2.45) is 15.4 Å². The van der Waals surface area contributed by atoms with Gasteiger partial charge in [0.2, 0.25) is 0 Å². The van der Waals surface area contributed by atoms with E-state index in [1.165, 1.54) is 26.8 Å². The van der Waals surface area contributed by atoms with Gasteiger partial charge >= 0.3 is 0 Å². The third-order valence-electron chi connectivity index (χ3n) is 5.88. The molecule has 0 saturated heterocycles. The molecule has 3 heterocycles. The zero-order valence-electron chi connectivity index (χ0n) is 19.7. The van der Waals surface area contributed by atoms with Crippen molar-refractivity contribution < 1.29 is 4.74 Å². The van der Waals surface area contributed by atoms with Crippen molar-refractivity contribution in [2.45, 2.75) is 32.8 Å². The van der Waals surface area contributed by atoms with Gasteiger partial charge < -0.3 is 4.74 Å². The van der Waals surface area contributed by atoms with E-state index in [0.29, 0.717) is 13.2 Å². The van der Waals surface area contributed by atoms with Crippen LogP contribution < -0.4 is 4.74 Å². The Bertz CT molecular complexity index is 1450. The van der Waals surface area contributed by atoms with E-state index in [-0.39, 0.29) is 19.4 Å². The van der Waals surface area contributed by atoms with E-state index >= 15 is 0 Å². The molecule has 0 amide bonds. The van der Waals surface area contributed by atoms with E-state index in [4.69, 9.17) is 4.74 Å². The first kappa shape index (κ1) is 24.6. The van der Waals surface area contributed by atoms with Crippen molar-refractivity contribution in [1.29, 1.82) is 0 Å². The van der Waals surface area contributed by atoms with Gasteiger partial charge in [-0.15, -0.1) is 22.4 Å². The van der Waals surface area contributed by atoms with Crippen molar-refractivity contribution >= 4 is 40.6 Å². The smallest absolute Gasteiger partial charge is 0.130 e. The Balaban J connectivity index is 0.00000289. The van der Waals surface area contributed by atoms with Crippen LogP contribution >= 0.6 is 24.8 Å². The number of thiophene rings is 1. The maximum Gasteiger partial charge on any atom is 0.130 e. The van der Waals surface area contributed by atoms with Gasteiger partial charge in [-0.2, -0.15) is 18.6 Å². The maximum absolute atomic E-state index is 6.07. The predicted octanol–water partition coefficient (Wildman–Crippen LogP) is 7.28. The minimum absolute atomic E-state index is 0. The van der Waals surface area contributed by atoms with Crippen molar-refractivity contribution in [2.75, 3.05) is 6.54 Å². The lowest BCUT2D eigenvalue weighted by Gasteiger charge is -2.12. The number of pyridine rings is 1. The van der Waals surface area contributed by atoms with Gasteiger partial charge in [-0.1, -0.05) is 42.3 Å². The zero-order valence-corrected chi connectivity index (χ0v) is 21.5. The highest BCUT2D eigenvalue weighted by molar-refractivity contribution is 7.59. The molecule has 0 spiro atoms. The van der Waals surface area contributed by atoms with Gasteiger partial charge in [0.15, 0.2) is 0 Å². The first-order chi connectivity index (χ1) is 16.7. The highest BCUT2D eigenvalue weighted by atomic mass is 32.1. The van der Waals surface area contributed by atoms with E-state index in [9.17, 15) is 0 Å². The summed E-state index contributed by atoms with van der Waals surface area (Å²) >= 11 is 1.73. The van der Waals surface area contributed by atoms with Crippen LogP contribution in [0.2, 0.25) is 0 Å². The lowest BCUT2D eigenvalue weighted by Crippen LogP contribution is -2.07. The van der Waals surface area contributed by atoms with E-state index in [1.54, 1.807) is 11.3 Å². The maximum atomic E-state index is 6.07. The van der Waals surface area contributed by atoms with Crippen molar-refractivity contribution in [3.63, 3.8) is 0 Å². The first-order valence-corrected chi connectivity index (χ1v) is 12.1. The summed E-state index contributed by atoms with van der Waals surface area (Å²) in [4.78, 5) is 4.62. The first-order valence-electron chi connectivity index (χ1n) is 11.2. The minimum Gasteiger partial charge on any atom is -0.487 e. The largest absolute Gasteiger partial charge is 0.487 e. The van der Waals surface area contributed by atoms with Gasteiger partial charge in [0.1, 0.15) is 18.9 Å². The summed E-state index contributed by atoms with van der Waals surface area (Å²) in [5.41, 5.74) is 6.79. The Morgan fingerprint density at radius 1 is 1.09 bits per heavy atom. The number of aryl methyl sites for hydroxylation is 1. The fourth-order valence-electron chi connectivity index (χ4n) is 4.10. The standard InChI is InChI=1S/C28H24N4OS.H2S/c1-3-6-21(13-22-15-30-32-31-22)20-9-11-24(12-10-20)33-17-23-14-26-27(18-34-28(26)16-29-23)25-8-5-4-7-19(25)2;/h4-5,7-12,14,16,18,21H,13,15,17H2,1-2H3;1H2/t21-;/m0./s1. The molecule has 0 bridgehead atoms. The minimum atomic E-state index is 0. The van der Waals surface area contributed by atoms with Crippen LogP contribution in [-0.2, 0) is 6.61 Å². The number of hydrogen-bond donors (Lipinski definition) is 0. The zero-order chi connectivity index (χ0) is 23.3. The molecule has 0 aliphatic carbocycles. The molecule has 2 aromatic carbocycles. The third-order valence-corrected chi connectivity index (χ3v) is 6.82. The summed E-state index contributed by atoms with van der Waals surface area (Å²) in [5.74, 6) is 7.18. The number of benzene rings is 2. The summed E-state index contributed by atoms with van der Waals surface area (Å²) in [6, 6.07) is 18.8. The summed E-state index contributed by atoms with van der Waals surface area (Å²) in [5, 5.41) is 15.2. The normalized spacial score (nSPS) is 13.0. The van der Waals surface area contributed by atoms with Crippen LogP contribution in [0.5, 0.6) is 5.75 Å². The summed E-state index contributed by atoms with van der Waals surface area (Å²) in [6.07, 6.45) is 2.68. The Morgan fingerprint density at radius 2 is 1.91 bits per heavy atom. The lowest BCUT2D eigenvalue weighted by atomic mass is 9.94. The van der Waals surface area contributed by atoms with Gasteiger partial charge in [-0.3, -0.25) is 4.98 Å². The second-order valence-corrected chi connectivity index (χ2v) is 9.11. The number of hydrogen-bond acceptors (Lipinski definition) is 6. The fourth-order valence-corrected chi connectivity index (χ4v) is 5.01. The highest BCUT2D eigenvalue weighted by Crippen LogP contribution is 2.35. The third kappa shape index (κ3) is 5.61. The molecule has 176 valence electrons. The second kappa shape index (κ2) is 11.3. The average molecular weight is 499 g/mol. The predicted molar refractivity (Wildman–Crippen MR) is 149 cm³/mol. The second-order valence-electron chi connectivity index (χ2n) is 8.20. The molecule has 1 aliphatic heterocycles. The van der Waals surface area contributed by atoms with Gasteiger partial charge in [0.05, 0.1) is 22.0 Å². The summed E-state index contributed by atoms with van der Waals surface area (Å²) < 4.78 is 7.25. The fraction of sp³-hybridized carbons (Fsp3) is 0.214. The molecule has 0 radical (unpaired) electrons. The van der Waals surface area contributed by atoms with Crippen molar-refractivity contribution in [1.82, 2.24) is 4.98 Å². The molecule has 5 rings (SSSR count). The molecule has 4 aromatic rings. The Morgan fingerprint density at radius 3 is 2.66 bits per heavy atom. The van der Waals surface area contributed by atoms with Gasteiger partial charge in [-0.05, 0) is 59.3 Å². The van der Waals surface area contributed by atoms with E-state index in [0.717, 1.165) is 29.1 Å². The van der Waals surface area contributed by atoms with E-state index in [2.05, 4.69) is 87.0 Å². The van der Waals surface area contributed by atoms with Gasteiger partial charge in [0, 0.05) is 23.6 Å². The highest BCUT2D eigenvalue weighted by Gasteiger charge is 2.15. The lowest BCUT2D eigenvalue weighted by molar-refractivity contribution is 0.301. The Kier molecular flexibility index (Phi) is 7.96. The SMILES string of the molecule is CC#C[C@@H](CC1=NN=NC1)c1ccc(OCc2cc3c(-c4ccccc4C)csc3cn2)cc1.S. The number of rotatable bonds is 7. The number of ether oxygens (including phenoxy) is 1. The Labute approximate surface area is 216 Å². The molecule has 1 aliphatic rings. The molecule has 35 heavy (non-hydrogen) atoms. The van der Waals surface area contributed by atoms with Crippen LogP contribution in [0, 0.1) is 18.8 Å². The van der Waals surface area contributed by atoms with Crippen LogP contribution in [0.3, 0.4) is 0 Å².